The number of carbonyl (C=O) groups excluding carboxylic acids is 2. The molecule has 0 atom stereocenters. The maximum absolute atomic E-state index is 12.0. The van der Waals surface area contributed by atoms with Crippen molar-refractivity contribution in [3.05, 3.63) is 29.3 Å². The molecule has 3 N–H and O–H groups in total. The Bertz CT molecular complexity index is 563. The first-order valence-corrected chi connectivity index (χ1v) is 7.58. The minimum absolute atomic E-state index is 0.0704. The predicted molar refractivity (Wildman–Crippen MR) is 81.4 cm³/mol. The molecule has 0 saturated heterocycles. The Morgan fingerprint density at radius 1 is 1.19 bits per heavy atom. The summed E-state index contributed by atoms with van der Waals surface area (Å²) in [5.74, 6) is 0.575. The van der Waals surface area contributed by atoms with E-state index in [1.807, 2.05) is 13.0 Å². The number of carbonyl (C=O) groups is 2. The van der Waals surface area contributed by atoms with Gasteiger partial charge in [-0.25, -0.2) is 4.79 Å². The van der Waals surface area contributed by atoms with Gasteiger partial charge in [-0.05, 0) is 56.2 Å². The number of aryl methyl sites for hydroxylation is 1. The smallest absolute Gasteiger partial charge is 0.319 e. The Kier molecular flexibility index (Phi) is 3.82. The van der Waals surface area contributed by atoms with Gasteiger partial charge >= 0.3 is 6.03 Å². The number of nitrogens with one attached hydrogen (secondary N) is 3. The van der Waals surface area contributed by atoms with Gasteiger partial charge in [-0.2, -0.15) is 0 Å². The third-order valence-corrected chi connectivity index (χ3v) is 3.91. The molecule has 0 heterocycles. The van der Waals surface area contributed by atoms with Crippen LogP contribution in [0.25, 0.3) is 0 Å². The minimum atomic E-state index is -0.204. The van der Waals surface area contributed by atoms with Crippen molar-refractivity contribution >= 4 is 17.6 Å². The summed E-state index contributed by atoms with van der Waals surface area (Å²) in [7, 11) is 0. The lowest BCUT2D eigenvalue weighted by atomic mass is 10.1. The number of amides is 3. The summed E-state index contributed by atoms with van der Waals surface area (Å²) in [6, 6.07) is 5.52. The maximum atomic E-state index is 12.0. The molecule has 1 aromatic carbocycles. The lowest BCUT2D eigenvalue weighted by Gasteiger charge is -2.11. The first kappa shape index (κ1) is 13.9. The molecule has 5 nitrogen and oxygen atoms in total. The molecule has 2 aliphatic rings. The van der Waals surface area contributed by atoms with E-state index in [-0.39, 0.29) is 11.9 Å². The van der Waals surface area contributed by atoms with Crippen LogP contribution in [0.2, 0.25) is 0 Å². The minimum Gasteiger partial charge on any atom is -0.349 e. The molecular weight excluding hydrogens is 266 g/mol. The number of rotatable bonds is 5. The van der Waals surface area contributed by atoms with Crippen molar-refractivity contribution in [3.63, 3.8) is 0 Å². The summed E-state index contributed by atoms with van der Waals surface area (Å²) in [4.78, 5) is 23.9. The normalized spacial score (nSPS) is 17.2. The van der Waals surface area contributed by atoms with Crippen LogP contribution in [0.1, 0.15) is 41.6 Å². The van der Waals surface area contributed by atoms with Crippen LogP contribution in [-0.2, 0) is 0 Å². The van der Waals surface area contributed by atoms with Crippen molar-refractivity contribution in [2.45, 2.75) is 38.6 Å². The van der Waals surface area contributed by atoms with Gasteiger partial charge < -0.3 is 16.0 Å². The molecule has 2 aliphatic carbocycles. The van der Waals surface area contributed by atoms with Gasteiger partial charge in [-0.15, -0.1) is 0 Å². The van der Waals surface area contributed by atoms with E-state index < -0.39 is 0 Å². The van der Waals surface area contributed by atoms with Gasteiger partial charge in [0.2, 0.25) is 0 Å². The number of benzene rings is 1. The molecule has 5 heteroatoms. The van der Waals surface area contributed by atoms with E-state index in [9.17, 15) is 9.59 Å². The highest BCUT2D eigenvalue weighted by atomic mass is 16.2. The molecule has 1 aromatic rings. The Balaban J connectivity index is 1.61. The third-order valence-electron chi connectivity index (χ3n) is 3.91. The van der Waals surface area contributed by atoms with Gasteiger partial charge in [-0.3, -0.25) is 4.79 Å². The molecule has 112 valence electrons. The first-order chi connectivity index (χ1) is 10.1. The highest BCUT2D eigenvalue weighted by Gasteiger charge is 2.24. The molecule has 0 aliphatic heterocycles. The molecular formula is C16H21N3O2. The van der Waals surface area contributed by atoms with Gasteiger partial charge in [0, 0.05) is 23.8 Å². The SMILES string of the molecule is Cc1ccc(C(=O)NC2CC2)cc1NC(=O)NCC1CC1. The summed E-state index contributed by atoms with van der Waals surface area (Å²) in [5.41, 5.74) is 2.22. The van der Waals surface area contributed by atoms with Gasteiger partial charge in [0.05, 0.1) is 0 Å². The average molecular weight is 287 g/mol. The highest BCUT2D eigenvalue weighted by Crippen LogP contribution is 2.27. The molecule has 0 unspecified atom stereocenters. The van der Waals surface area contributed by atoms with Crippen molar-refractivity contribution in [1.29, 1.82) is 0 Å². The van der Waals surface area contributed by atoms with Crippen LogP contribution in [0.5, 0.6) is 0 Å². The predicted octanol–water partition coefficient (Wildman–Crippen LogP) is 2.42. The van der Waals surface area contributed by atoms with Crippen molar-refractivity contribution in [2.75, 3.05) is 11.9 Å². The lowest BCUT2D eigenvalue weighted by molar-refractivity contribution is 0.0951. The number of anilines is 1. The van der Waals surface area contributed by atoms with Crippen LogP contribution >= 0.6 is 0 Å². The fourth-order valence-electron chi connectivity index (χ4n) is 2.12. The summed E-state index contributed by atoms with van der Waals surface area (Å²) in [5, 5.41) is 8.64. The fourth-order valence-corrected chi connectivity index (χ4v) is 2.12. The Morgan fingerprint density at radius 2 is 1.95 bits per heavy atom. The molecule has 0 aromatic heterocycles. The summed E-state index contributed by atoms with van der Waals surface area (Å²) < 4.78 is 0. The van der Waals surface area contributed by atoms with Gasteiger partial charge in [0.15, 0.2) is 0 Å². The van der Waals surface area contributed by atoms with Crippen LogP contribution in [0, 0.1) is 12.8 Å². The second-order valence-electron chi connectivity index (χ2n) is 6.06. The van der Waals surface area contributed by atoms with Crippen LogP contribution < -0.4 is 16.0 Å². The maximum Gasteiger partial charge on any atom is 0.319 e. The van der Waals surface area contributed by atoms with Gasteiger partial charge in [0.25, 0.3) is 5.91 Å². The Labute approximate surface area is 124 Å². The summed E-state index contributed by atoms with van der Waals surface area (Å²) in [6.45, 7) is 2.64. The van der Waals surface area contributed by atoms with E-state index in [1.165, 1.54) is 12.8 Å². The molecule has 2 fully saturated rings. The molecule has 21 heavy (non-hydrogen) atoms. The second kappa shape index (κ2) is 5.76. The molecule has 0 spiro atoms. The quantitative estimate of drug-likeness (QED) is 0.778. The van der Waals surface area contributed by atoms with Gasteiger partial charge in [0.1, 0.15) is 0 Å². The first-order valence-electron chi connectivity index (χ1n) is 7.58. The lowest BCUT2D eigenvalue weighted by Crippen LogP contribution is -2.31. The number of urea groups is 1. The highest BCUT2D eigenvalue weighted by molar-refractivity contribution is 5.97. The van der Waals surface area contributed by atoms with Crippen molar-refractivity contribution in [1.82, 2.24) is 10.6 Å². The summed E-state index contributed by atoms with van der Waals surface area (Å²) >= 11 is 0. The molecule has 0 radical (unpaired) electrons. The number of hydrogen-bond acceptors (Lipinski definition) is 2. The summed E-state index contributed by atoms with van der Waals surface area (Å²) in [6.07, 6.45) is 4.53. The third kappa shape index (κ3) is 3.97. The molecule has 2 saturated carbocycles. The zero-order valence-electron chi connectivity index (χ0n) is 12.2. The molecule has 3 rings (SSSR count). The van der Waals surface area contributed by atoms with E-state index in [4.69, 9.17) is 0 Å². The van der Waals surface area contributed by atoms with E-state index in [2.05, 4.69) is 16.0 Å². The average Bonchev–Trinajstić information content (AvgIpc) is 3.33. The van der Waals surface area contributed by atoms with Crippen molar-refractivity contribution in [3.8, 4) is 0 Å². The van der Waals surface area contributed by atoms with Crippen LogP contribution in [-0.4, -0.2) is 24.5 Å². The monoisotopic (exact) mass is 287 g/mol. The van der Waals surface area contributed by atoms with Gasteiger partial charge in [-0.1, -0.05) is 6.07 Å². The number of hydrogen-bond donors (Lipinski definition) is 3. The van der Waals surface area contributed by atoms with E-state index in [0.29, 0.717) is 23.2 Å². The topological polar surface area (TPSA) is 70.2 Å². The zero-order chi connectivity index (χ0) is 14.8. The van der Waals surface area contributed by atoms with Crippen LogP contribution in [0.3, 0.4) is 0 Å². The molecule has 0 bridgehead atoms. The fraction of sp³-hybridized carbons (Fsp3) is 0.500. The Hall–Kier alpha value is -2.04. The largest absolute Gasteiger partial charge is 0.349 e. The van der Waals surface area contributed by atoms with Crippen LogP contribution in [0.4, 0.5) is 10.5 Å². The van der Waals surface area contributed by atoms with E-state index in [0.717, 1.165) is 24.9 Å². The van der Waals surface area contributed by atoms with E-state index >= 15 is 0 Å². The zero-order valence-corrected chi connectivity index (χ0v) is 12.2. The van der Waals surface area contributed by atoms with Crippen LogP contribution in [0.15, 0.2) is 18.2 Å². The standard InChI is InChI=1S/C16H21N3O2/c1-10-2-5-12(15(20)18-13-6-7-13)8-14(10)19-16(21)17-9-11-3-4-11/h2,5,8,11,13H,3-4,6-7,9H2,1H3,(H,18,20)(H2,17,19,21). The Morgan fingerprint density at radius 3 is 2.62 bits per heavy atom. The van der Waals surface area contributed by atoms with Crippen molar-refractivity contribution in [2.24, 2.45) is 5.92 Å². The van der Waals surface area contributed by atoms with Crippen molar-refractivity contribution < 1.29 is 9.59 Å². The second-order valence-corrected chi connectivity index (χ2v) is 6.06. The molecule has 3 amide bonds. The van der Waals surface area contributed by atoms with E-state index in [1.54, 1.807) is 12.1 Å².